The van der Waals surface area contributed by atoms with Gasteiger partial charge in [0.05, 0.1) is 12.2 Å². The van der Waals surface area contributed by atoms with Crippen LogP contribution in [0.1, 0.15) is 65.7 Å². The molecule has 2 atom stereocenters. The fourth-order valence-corrected chi connectivity index (χ4v) is 3.48. The molecule has 2 unspecified atom stereocenters. The van der Waals surface area contributed by atoms with Gasteiger partial charge in [0.15, 0.2) is 0 Å². The van der Waals surface area contributed by atoms with E-state index in [2.05, 4.69) is 26.1 Å². The maximum Gasteiger partial charge on any atom is 0.0664 e. The van der Waals surface area contributed by atoms with E-state index in [-0.39, 0.29) is 0 Å². The van der Waals surface area contributed by atoms with Crippen molar-refractivity contribution in [3.05, 3.63) is 0 Å². The molecule has 0 amide bonds. The lowest BCUT2D eigenvalue weighted by molar-refractivity contribution is -0.181. The Kier molecular flexibility index (Phi) is 4.48. The average Bonchev–Trinajstić information content (AvgIpc) is 2.27. The summed E-state index contributed by atoms with van der Waals surface area (Å²) in [4.78, 5) is 0. The van der Waals surface area contributed by atoms with Gasteiger partial charge in [-0.2, -0.15) is 0 Å². The summed E-state index contributed by atoms with van der Waals surface area (Å²) in [5.74, 6) is 0. The van der Waals surface area contributed by atoms with Crippen LogP contribution in [0.2, 0.25) is 0 Å². The molecule has 0 heterocycles. The summed E-state index contributed by atoms with van der Waals surface area (Å²) in [7, 11) is 0. The summed E-state index contributed by atoms with van der Waals surface area (Å²) in [5, 5.41) is 3.72. The molecule has 17 heavy (non-hydrogen) atoms. The van der Waals surface area contributed by atoms with Crippen molar-refractivity contribution in [3.8, 4) is 0 Å². The van der Waals surface area contributed by atoms with Crippen molar-refractivity contribution < 1.29 is 4.74 Å². The lowest BCUT2D eigenvalue weighted by atomic mass is 9.58. The molecule has 2 rings (SSSR count). The van der Waals surface area contributed by atoms with Gasteiger partial charge >= 0.3 is 0 Å². The molecular formula is C15H29NO. The number of hydrogen-bond acceptors (Lipinski definition) is 2. The van der Waals surface area contributed by atoms with Crippen LogP contribution >= 0.6 is 0 Å². The Balaban J connectivity index is 1.89. The first-order valence-electron chi connectivity index (χ1n) is 7.65. The predicted molar refractivity (Wildman–Crippen MR) is 72.2 cm³/mol. The molecular weight excluding hydrogens is 210 g/mol. The van der Waals surface area contributed by atoms with Gasteiger partial charge in [0.25, 0.3) is 0 Å². The number of rotatable bonds is 7. The highest BCUT2D eigenvalue weighted by Crippen LogP contribution is 2.50. The van der Waals surface area contributed by atoms with E-state index in [0.29, 0.717) is 23.7 Å². The SMILES string of the molecule is CCCNC1CC(OC2CCC2)C1(CC)CC. The van der Waals surface area contributed by atoms with Gasteiger partial charge in [-0.15, -0.1) is 0 Å². The monoisotopic (exact) mass is 239 g/mol. The van der Waals surface area contributed by atoms with Gasteiger partial charge in [-0.05, 0) is 51.5 Å². The van der Waals surface area contributed by atoms with E-state index in [0.717, 1.165) is 6.54 Å². The molecule has 0 aromatic rings. The van der Waals surface area contributed by atoms with E-state index in [1.165, 1.54) is 44.9 Å². The van der Waals surface area contributed by atoms with E-state index >= 15 is 0 Å². The van der Waals surface area contributed by atoms with Crippen molar-refractivity contribution in [2.45, 2.75) is 84.0 Å². The Morgan fingerprint density at radius 3 is 2.35 bits per heavy atom. The van der Waals surface area contributed by atoms with Crippen LogP contribution in [0.15, 0.2) is 0 Å². The highest BCUT2D eigenvalue weighted by Gasteiger charge is 2.53. The van der Waals surface area contributed by atoms with Gasteiger partial charge in [-0.25, -0.2) is 0 Å². The standard InChI is InChI=1S/C15H29NO/c1-4-10-16-13-11-14(15(13,5-2)6-3)17-12-8-7-9-12/h12-14,16H,4-11H2,1-3H3. The first-order chi connectivity index (χ1) is 8.26. The number of ether oxygens (including phenoxy) is 1. The second-order valence-corrected chi connectivity index (χ2v) is 5.86. The highest BCUT2D eigenvalue weighted by molar-refractivity contribution is 5.07. The molecule has 0 spiro atoms. The lowest BCUT2D eigenvalue weighted by Crippen LogP contribution is -2.64. The van der Waals surface area contributed by atoms with Crippen molar-refractivity contribution >= 4 is 0 Å². The fourth-order valence-electron chi connectivity index (χ4n) is 3.48. The molecule has 2 heteroatoms. The van der Waals surface area contributed by atoms with Crippen molar-refractivity contribution in [2.75, 3.05) is 6.54 Å². The van der Waals surface area contributed by atoms with Crippen LogP contribution in [0, 0.1) is 5.41 Å². The minimum atomic E-state index is 0.421. The summed E-state index contributed by atoms with van der Waals surface area (Å²) >= 11 is 0. The highest BCUT2D eigenvalue weighted by atomic mass is 16.5. The molecule has 0 aromatic carbocycles. The lowest BCUT2D eigenvalue weighted by Gasteiger charge is -2.57. The van der Waals surface area contributed by atoms with Crippen molar-refractivity contribution in [2.24, 2.45) is 5.41 Å². The zero-order valence-electron chi connectivity index (χ0n) is 11.8. The molecule has 0 aliphatic heterocycles. The van der Waals surface area contributed by atoms with E-state index in [9.17, 15) is 0 Å². The van der Waals surface area contributed by atoms with Gasteiger partial charge in [0.1, 0.15) is 0 Å². The maximum atomic E-state index is 6.29. The quantitative estimate of drug-likeness (QED) is 0.734. The zero-order chi connectivity index (χ0) is 12.3. The van der Waals surface area contributed by atoms with Crippen molar-refractivity contribution in [3.63, 3.8) is 0 Å². The maximum absolute atomic E-state index is 6.29. The van der Waals surface area contributed by atoms with Gasteiger partial charge in [-0.3, -0.25) is 0 Å². The minimum Gasteiger partial charge on any atom is -0.374 e. The van der Waals surface area contributed by atoms with Crippen LogP contribution in [-0.4, -0.2) is 24.8 Å². The molecule has 0 radical (unpaired) electrons. The van der Waals surface area contributed by atoms with Gasteiger partial charge in [-0.1, -0.05) is 20.8 Å². The summed E-state index contributed by atoms with van der Waals surface area (Å²) in [5.41, 5.74) is 0.421. The van der Waals surface area contributed by atoms with Gasteiger partial charge in [0.2, 0.25) is 0 Å². The van der Waals surface area contributed by atoms with Crippen LogP contribution in [0.5, 0.6) is 0 Å². The van der Waals surface area contributed by atoms with Crippen molar-refractivity contribution in [1.29, 1.82) is 0 Å². The van der Waals surface area contributed by atoms with Crippen molar-refractivity contribution in [1.82, 2.24) is 5.32 Å². The van der Waals surface area contributed by atoms with Crippen LogP contribution in [0.3, 0.4) is 0 Å². The predicted octanol–water partition coefficient (Wildman–Crippen LogP) is 3.50. The van der Waals surface area contributed by atoms with Crippen LogP contribution < -0.4 is 5.32 Å². The molecule has 0 saturated heterocycles. The number of nitrogens with one attached hydrogen (secondary N) is 1. The van der Waals surface area contributed by atoms with Gasteiger partial charge in [0, 0.05) is 11.5 Å². The first-order valence-corrected chi connectivity index (χ1v) is 7.65. The van der Waals surface area contributed by atoms with E-state index < -0.39 is 0 Å². The van der Waals surface area contributed by atoms with Crippen LogP contribution in [-0.2, 0) is 4.74 Å². The Bertz CT molecular complexity index is 233. The molecule has 2 saturated carbocycles. The molecule has 2 aliphatic carbocycles. The topological polar surface area (TPSA) is 21.3 Å². The third-order valence-electron chi connectivity index (χ3n) is 5.15. The summed E-state index contributed by atoms with van der Waals surface area (Å²) in [6.07, 6.45) is 10.1. The smallest absolute Gasteiger partial charge is 0.0664 e. The molecule has 0 aromatic heterocycles. The van der Waals surface area contributed by atoms with Gasteiger partial charge < -0.3 is 10.1 Å². The zero-order valence-corrected chi connectivity index (χ0v) is 11.8. The van der Waals surface area contributed by atoms with E-state index in [1.54, 1.807) is 0 Å². The third-order valence-corrected chi connectivity index (χ3v) is 5.15. The average molecular weight is 239 g/mol. The largest absolute Gasteiger partial charge is 0.374 e. The van der Waals surface area contributed by atoms with Crippen LogP contribution in [0.4, 0.5) is 0 Å². The first kappa shape index (κ1) is 13.4. The summed E-state index contributed by atoms with van der Waals surface area (Å²) in [6.45, 7) is 8.07. The number of hydrogen-bond donors (Lipinski definition) is 1. The summed E-state index contributed by atoms with van der Waals surface area (Å²) < 4.78 is 6.29. The fraction of sp³-hybridized carbons (Fsp3) is 1.00. The molecule has 2 aliphatic rings. The molecule has 2 nitrogen and oxygen atoms in total. The van der Waals surface area contributed by atoms with E-state index in [4.69, 9.17) is 4.74 Å². The molecule has 100 valence electrons. The van der Waals surface area contributed by atoms with E-state index in [1.807, 2.05) is 0 Å². The Morgan fingerprint density at radius 1 is 1.18 bits per heavy atom. The third kappa shape index (κ3) is 2.39. The molecule has 1 N–H and O–H groups in total. The normalized spacial score (nSPS) is 31.9. The summed E-state index contributed by atoms with van der Waals surface area (Å²) in [6, 6.07) is 0.697. The minimum absolute atomic E-state index is 0.421. The molecule has 0 bridgehead atoms. The second kappa shape index (κ2) is 5.71. The molecule has 2 fully saturated rings. The van der Waals surface area contributed by atoms with Crippen LogP contribution in [0.25, 0.3) is 0 Å². The second-order valence-electron chi connectivity index (χ2n) is 5.86. The Hall–Kier alpha value is -0.0800. The Morgan fingerprint density at radius 2 is 1.88 bits per heavy atom. The Labute approximate surface area is 107 Å².